The molecule has 5 heteroatoms. The number of nitrogens with one attached hydrogen (secondary N) is 1. The molecule has 3 N–H and O–H groups in total. The van der Waals surface area contributed by atoms with Gasteiger partial charge >= 0.3 is 0 Å². The summed E-state index contributed by atoms with van der Waals surface area (Å²) >= 11 is 0. The fourth-order valence-electron chi connectivity index (χ4n) is 2.10. The Morgan fingerprint density at radius 3 is 2.28 bits per heavy atom. The summed E-state index contributed by atoms with van der Waals surface area (Å²) in [6, 6.07) is 14.4. The van der Waals surface area contributed by atoms with Gasteiger partial charge in [0.2, 0.25) is 0 Å². The molecule has 1 amide bonds. The predicted molar refractivity (Wildman–Crippen MR) is 102 cm³/mol. The molecule has 0 fully saturated rings. The molecule has 5 nitrogen and oxygen atoms in total. The van der Waals surface area contributed by atoms with E-state index in [-0.39, 0.29) is 5.91 Å². The zero-order valence-electron chi connectivity index (χ0n) is 15.0. The molecule has 0 aliphatic rings. The maximum absolute atomic E-state index is 12.2. The highest BCUT2D eigenvalue weighted by Gasteiger charge is 2.06. The first kappa shape index (κ1) is 18.5. The molecule has 0 bridgehead atoms. The van der Waals surface area contributed by atoms with Gasteiger partial charge in [0.15, 0.2) is 0 Å². The number of carbonyl (C=O) groups excluding carboxylic acids is 1. The summed E-state index contributed by atoms with van der Waals surface area (Å²) in [4.78, 5) is 12.2. The summed E-state index contributed by atoms with van der Waals surface area (Å²) in [6.45, 7) is 6.82. The first-order valence-electron chi connectivity index (χ1n) is 8.39. The summed E-state index contributed by atoms with van der Waals surface area (Å²) in [7, 11) is 0. The Labute approximate surface area is 148 Å². The molecule has 0 radical (unpaired) electrons. The van der Waals surface area contributed by atoms with Crippen molar-refractivity contribution >= 4 is 17.3 Å². The van der Waals surface area contributed by atoms with Crippen LogP contribution in [0.2, 0.25) is 0 Å². The second kappa shape index (κ2) is 8.87. The summed E-state index contributed by atoms with van der Waals surface area (Å²) in [5.74, 6) is 1.11. The Hall–Kier alpha value is -2.82. The lowest BCUT2D eigenvalue weighted by Gasteiger charge is -2.08. The standard InChI is InChI=1S/C20H25N3O2/c1-14(2)12-13-25-19-10-6-17(7-11-19)20(24)23-22-15(3)16-4-8-18(21)9-5-16/h4-11,14H,12-13,21H2,1-3H3,(H,23,24). The maximum atomic E-state index is 12.2. The number of hydrazone groups is 1. The van der Waals surface area contributed by atoms with E-state index in [1.165, 1.54) is 0 Å². The van der Waals surface area contributed by atoms with Crippen LogP contribution in [-0.4, -0.2) is 18.2 Å². The van der Waals surface area contributed by atoms with Gasteiger partial charge in [0.1, 0.15) is 5.75 Å². The number of rotatable bonds is 7. The van der Waals surface area contributed by atoms with Gasteiger partial charge in [-0.15, -0.1) is 0 Å². The molecule has 2 aromatic rings. The van der Waals surface area contributed by atoms with Gasteiger partial charge in [0, 0.05) is 11.3 Å². The average molecular weight is 339 g/mol. The van der Waals surface area contributed by atoms with Crippen molar-refractivity contribution in [3.63, 3.8) is 0 Å². The van der Waals surface area contributed by atoms with Gasteiger partial charge in [0.25, 0.3) is 5.91 Å². The van der Waals surface area contributed by atoms with E-state index in [0.29, 0.717) is 29.5 Å². The SMILES string of the molecule is CC(=NNC(=O)c1ccc(OCCC(C)C)cc1)c1ccc(N)cc1. The lowest BCUT2D eigenvalue weighted by Crippen LogP contribution is -2.19. The minimum absolute atomic E-state index is 0.261. The average Bonchev–Trinajstić information content (AvgIpc) is 2.60. The van der Waals surface area contributed by atoms with Crippen LogP contribution in [0.4, 0.5) is 5.69 Å². The van der Waals surface area contributed by atoms with Gasteiger partial charge < -0.3 is 10.5 Å². The Kier molecular flexibility index (Phi) is 6.57. The molecular formula is C20H25N3O2. The maximum Gasteiger partial charge on any atom is 0.271 e. The van der Waals surface area contributed by atoms with Crippen molar-refractivity contribution in [3.05, 3.63) is 59.7 Å². The fourth-order valence-corrected chi connectivity index (χ4v) is 2.10. The number of nitrogens with zero attached hydrogens (tertiary/aromatic N) is 1. The monoisotopic (exact) mass is 339 g/mol. The van der Waals surface area contributed by atoms with Crippen molar-refractivity contribution in [2.24, 2.45) is 11.0 Å². The van der Waals surface area contributed by atoms with E-state index < -0.39 is 0 Å². The lowest BCUT2D eigenvalue weighted by molar-refractivity contribution is 0.0955. The number of hydrogen-bond donors (Lipinski definition) is 2. The highest BCUT2D eigenvalue weighted by molar-refractivity contribution is 6.01. The highest BCUT2D eigenvalue weighted by atomic mass is 16.5. The normalized spacial score (nSPS) is 11.4. The van der Waals surface area contributed by atoms with Crippen LogP contribution in [0.5, 0.6) is 5.75 Å². The first-order valence-corrected chi connectivity index (χ1v) is 8.39. The largest absolute Gasteiger partial charge is 0.494 e. The molecule has 2 rings (SSSR count). The molecular weight excluding hydrogens is 314 g/mol. The van der Waals surface area contributed by atoms with Crippen LogP contribution in [0.1, 0.15) is 43.1 Å². The second-order valence-corrected chi connectivity index (χ2v) is 6.32. The molecule has 0 spiro atoms. The van der Waals surface area contributed by atoms with Gasteiger partial charge in [-0.25, -0.2) is 5.43 Å². The molecule has 2 aromatic carbocycles. The zero-order chi connectivity index (χ0) is 18.2. The Morgan fingerprint density at radius 1 is 1.08 bits per heavy atom. The van der Waals surface area contributed by atoms with E-state index in [1.807, 2.05) is 19.1 Å². The van der Waals surface area contributed by atoms with Crippen molar-refractivity contribution in [1.82, 2.24) is 5.43 Å². The summed E-state index contributed by atoms with van der Waals surface area (Å²) in [5.41, 5.74) is 11.1. The van der Waals surface area contributed by atoms with Crippen LogP contribution >= 0.6 is 0 Å². The van der Waals surface area contributed by atoms with Crippen molar-refractivity contribution in [2.45, 2.75) is 27.2 Å². The topological polar surface area (TPSA) is 76.7 Å². The van der Waals surface area contributed by atoms with Crippen molar-refractivity contribution in [1.29, 1.82) is 0 Å². The summed E-state index contributed by atoms with van der Waals surface area (Å²) < 4.78 is 5.65. The smallest absolute Gasteiger partial charge is 0.271 e. The van der Waals surface area contributed by atoms with Gasteiger partial charge in [-0.05, 0) is 61.2 Å². The summed E-state index contributed by atoms with van der Waals surface area (Å²) in [6.07, 6.45) is 1.00. The number of anilines is 1. The number of carbonyl (C=O) groups is 1. The van der Waals surface area contributed by atoms with Gasteiger partial charge in [-0.1, -0.05) is 26.0 Å². The molecule has 0 saturated heterocycles. The third kappa shape index (κ3) is 5.95. The molecule has 25 heavy (non-hydrogen) atoms. The van der Waals surface area contributed by atoms with Gasteiger partial charge in [-0.2, -0.15) is 5.10 Å². The molecule has 0 unspecified atom stereocenters. The van der Waals surface area contributed by atoms with Crippen molar-refractivity contribution in [2.75, 3.05) is 12.3 Å². The van der Waals surface area contributed by atoms with Crippen molar-refractivity contribution in [3.8, 4) is 5.75 Å². The predicted octanol–water partition coefficient (Wildman–Crippen LogP) is 3.85. The Morgan fingerprint density at radius 2 is 1.68 bits per heavy atom. The fraction of sp³-hybridized carbons (Fsp3) is 0.300. The van der Waals surface area contributed by atoms with Crippen LogP contribution in [0, 0.1) is 5.92 Å². The van der Waals surface area contributed by atoms with Crippen LogP contribution in [0.25, 0.3) is 0 Å². The van der Waals surface area contributed by atoms with Crippen LogP contribution in [0.15, 0.2) is 53.6 Å². The third-order valence-electron chi connectivity index (χ3n) is 3.73. The Balaban J connectivity index is 1.91. The van der Waals surface area contributed by atoms with Gasteiger partial charge in [0.05, 0.1) is 12.3 Å². The minimum atomic E-state index is -0.261. The van der Waals surface area contributed by atoms with E-state index in [2.05, 4.69) is 24.4 Å². The van der Waals surface area contributed by atoms with Crippen LogP contribution in [-0.2, 0) is 0 Å². The van der Waals surface area contributed by atoms with E-state index in [0.717, 1.165) is 17.7 Å². The number of amides is 1. The molecule has 0 heterocycles. The van der Waals surface area contributed by atoms with E-state index in [1.54, 1.807) is 36.4 Å². The molecule has 132 valence electrons. The quantitative estimate of drug-likeness (QED) is 0.457. The number of benzene rings is 2. The number of hydrogen-bond acceptors (Lipinski definition) is 4. The van der Waals surface area contributed by atoms with E-state index in [9.17, 15) is 4.79 Å². The number of nitrogen functional groups attached to an aromatic ring is 1. The molecule has 0 saturated carbocycles. The minimum Gasteiger partial charge on any atom is -0.494 e. The number of ether oxygens (including phenoxy) is 1. The molecule has 0 aliphatic heterocycles. The van der Waals surface area contributed by atoms with Crippen LogP contribution < -0.4 is 15.9 Å². The van der Waals surface area contributed by atoms with E-state index in [4.69, 9.17) is 10.5 Å². The Bertz CT molecular complexity index is 720. The third-order valence-corrected chi connectivity index (χ3v) is 3.73. The zero-order valence-corrected chi connectivity index (χ0v) is 15.0. The number of nitrogens with two attached hydrogens (primary N) is 1. The van der Waals surface area contributed by atoms with Crippen molar-refractivity contribution < 1.29 is 9.53 Å². The molecule has 0 atom stereocenters. The first-order chi connectivity index (χ1) is 12.0. The van der Waals surface area contributed by atoms with Gasteiger partial charge in [-0.3, -0.25) is 4.79 Å². The second-order valence-electron chi connectivity index (χ2n) is 6.32. The highest BCUT2D eigenvalue weighted by Crippen LogP contribution is 2.13. The molecule has 0 aromatic heterocycles. The lowest BCUT2D eigenvalue weighted by atomic mass is 10.1. The van der Waals surface area contributed by atoms with Crippen LogP contribution in [0.3, 0.4) is 0 Å². The van der Waals surface area contributed by atoms with E-state index >= 15 is 0 Å². The molecule has 0 aliphatic carbocycles. The summed E-state index contributed by atoms with van der Waals surface area (Å²) in [5, 5.41) is 4.14.